The lowest BCUT2D eigenvalue weighted by atomic mass is 10.0. The van der Waals surface area contributed by atoms with Gasteiger partial charge in [0.15, 0.2) is 0 Å². The van der Waals surface area contributed by atoms with Crippen molar-refractivity contribution < 1.29 is 9.53 Å². The fourth-order valence-corrected chi connectivity index (χ4v) is 2.30. The largest absolute Gasteiger partial charge is 0.469 e. The van der Waals surface area contributed by atoms with Gasteiger partial charge in [0.25, 0.3) is 0 Å². The minimum atomic E-state index is -0.304. The third kappa shape index (κ3) is 2.88. The Morgan fingerprint density at radius 2 is 1.95 bits per heavy atom. The van der Waals surface area contributed by atoms with Gasteiger partial charge in [-0.15, -0.1) is 0 Å². The Balaban J connectivity index is 2.03. The number of hydrogen-bond donors (Lipinski definition) is 1. The average molecular weight is 293 g/mol. The molecule has 5 nitrogen and oxygen atoms in total. The number of anilines is 1. The Hall–Kier alpha value is -2.95. The molecule has 0 spiro atoms. The Bertz CT molecular complexity index is 846. The molecule has 0 bridgehead atoms. The Kier molecular flexibility index (Phi) is 3.70. The Morgan fingerprint density at radius 1 is 1.18 bits per heavy atom. The van der Waals surface area contributed by atoms with Crippen LogP contribution in [0, 0.1) is 0 Å². The molecule has 0 unspecified atom stereocenters. The van der Waals surface area contributed by atoms with E-state index in [0.29, 0.717) is 5.69 Å². The van der Waals surface area contributed by atoms with E-state index in [1.807, 2.05) is 36.4 Å². The molecule has 2 N–H and O–H groups in total. The second-order valence-electron chi connectivity index (χ2n) is 4.96. The number of methoxy groups -OCH3 is 1. The first-order chi connectivity index (χ1) is 10.7. The molecule has 110 valence electrons. The SMILES string of the molecule is COC(=O)Cc1cc(N)cc(-c2cnc3ccccc3n2)c1. The number of para-hydroxylation sites is 2. The van der Waals surface area contributed by atoms with Crippen molar-refractivity contribution in [3.05, 3.63) is 54.2 Å². The summed E-state index contributed by atoms with van der Waals surface area (Å²) in [7, 11) is 1.37. The van der Waals surface area contributed by atoms with Crippen molar-refractivity contribution in [1.29, 1.82) is 0 Å². The number of rotatable bonds is 3. The third-order valence-corrected chi connectivity index (χ3v) is 3.34. The van der Waals surface area contributed by atoms with Crippen molar-refractivity contribution in [2.75, 3.05) is 12.8 Å². The van der Waals surface area contributed by atoms with Crippen LogP contribution in [0.4, 0.5) is 5.69 Å². The summed E-state index contributed by atoms with van der Waals surface area (Å²) in [4.78, 5) is 20.4. The number of hydrogen-bond acceptors (Lipinski definition) is 5. The first-order valence-corrected chi connectivity index (χ1v) is 6.84. The maximum Gasteiger partial charge on any atom is 0.309 e. The first kappa shape index (κ1) is 14.0. The van der Waals surface area contributed by atoms with E-state index in [0.717, 1.165) is 27.9 Å². The lowest BCUT2D eigenvalue weighted by Gasteiger charge is -2.07. The predicted octanol–water partition coefficient (Wildman–Crippen LogP) is 2.59. The molecule has 0 radical (unpaired) electrons. The highest BCUT2D eigenvalue weighted by Crippen LogP contribution is 2.23. The molecule has 3 rings (SSSR count). The highest BCUT2D eigenvalue weighted by atomic mass is 16.5. The van der Waals surface area contributed by atoms with Crippen LogP contribution in [0.1, 0.15) is 5.56 Å². The summed E-state index contributed by atoms with van der Waals surface area (Å²) < 4.78 is 4.69. The molecule has 22 heavy (non-hydrogen) atoms. The van der Waals surface area contributed by atoms with Gasteiger partial charge in [-0.05, 0) is 35.9 Å². The van der Waals surface area contributed by atoms with Gasteiger partial charge in [-0.1, -0.05) is 12.1 Å². The van der Waals surface area contributed by atoms with Crippen LogP contribution in [0.15, 0.2) is 48.7 Å². The number of ether oxygens (including phenoxy) is 1. The predicted molar refractivity (Wildman–Crippen MR) is 85.1 cm³/mol. The topological polar surface area (TPSA) is 78.1 Å². The fraction of sp³-hybridized carbons (Fsp3) is 0.118. The van der Waals surface area contributed by atoms with Crippen LogP contribution in [0.5, 0.6) is 0 Å². The molecule has 0 amide bonds. The van der Waals surface area contributed by atoms with Crippen molar-refractivity contribution in [2.45, 2.75) is 6.42 Å². The van der Waals surface area contributed by atoms with Gasteiger partial charge in [0.2, 0.25) is 0 Å². The van der Waals surface area contributed by atoms with Crippen LogP contribution in [0.3, 0.4) is 0 Å². The molecule has 2 aromatic carbocycles. The number of nitrogens with two attached hydrogens (primary N) is 1. The standard InChI is InChI=1S/C17H15N3O2/c1-22-17(21)8-11-6-12(9-13(18)7-11)16-10-19-14-4-2-3-5-15(14)20-16/h2-7,9-10H,8,18H2,1H3. The summed E-state index contributed by atoms with van der Waals surface area (Å²) >= 11 is 0. The molecule has 0 atom stereocenters. The molecule has 5 heteroatoms. The quantitative estimate of drug-likeness (QED) is 0.593. The molecule has 3 aromatic rings. The number of fused-ring (bicyclic) bond motifs is 1. The highest BCUT2D eigenvalue weighted by Gasteiger charge is 2.08. The zero-order chi connectivity index (χ0) is 15.5. The number of benzene rings is 2. The molecule has 1 heterocycles. The van der Waals surface area contributed by atoms with Gasteiger partial charge in [-0.2, -0.15) is 0 Å². The number of aromatic nitrogens is 2. The Labute approximate surface area is 127 Å². The lowest BCUT2D eigenvalue weighted by molar-refractivity contribution is -0.139. The minimum Gasteiger partial charge on any atom is -0.469 e. The zero-order valence-corrected chi connectivity index (χ0v) is 12.1. The maximum absolute atomic E-state index is 11.4. The highest BCUT2D eigenvalue weighted by molar-refractivity contribution is 5.78. The zero-order valence-electron chi connectivity index (χ0n) is 12.1. The van der Waals surface area contributed by atoms with Crippen molar-refractivity contribution in [3.63, 3.8) is 0 Å². The Morgan fingerprint density at radius 3 is 2.73 bits per heavy atom. The molecule has 0 fully saturated rings. The molecule has 0 aliphatic carbocycles. The lowest BCUT2D eigenvalue weighted by Crippen LogP contribution is -2.05. The summed E-state index contributed by atoms with van der Waals surface area (Å²) in [5.74, 6) is -0.304. The van der Waals surface area contributed by atoms with Crippen LogP contribution in [0.25, 0.3) is 22.3 Å². The van der Waals surface area contributed by atoms with E-state index in [9.17, 15) is 4.79 Å². The van der Waals surface area contributed by atoms with E-state index in [1.54, 1.807) is 12.3 Å². The summed E-state index contributed by atoms with van der Waals surface area (Å²) in [6.45, 7) is 0. The van der Waals surface area contributed by atoms with Gasteiger partial charge in [-0.3, -0.25) is 9.78 Å². The monoisotopic (exact) mass is 293 g/mol. The fourth-order valence-electron chi connectivity index (χ4n) is 2.30. The van der Waals surface area contributed by atoms with E-state index >= 15 is 0 Å². The molecule has 0 aliphatic rings. The number of nitrogens with zero attached hydrogens (tertiary/aromatic N) is 2. The van der Waals surface area contributed by atoms with Crippen molar-refractivity contribution >= 4 is 22.7 Å². The number of carbonyl (C=O) groups is 1. The van der Waals surface area contributed by atoms with Gasteiger partial charge >= 0.3 is 5.97 Å². The third-order valence-electron chi connectivity index (χ3n) is 3.34. The number of carbonyl (C=O) groups excluding carboxylic acids is 1. The molecule has 0 saturated heterocycles. The van der Waals surface area contributed by atoms with Crippen LogP contribution in [-0.4, -0.2) is 23.0 Å². The van der Waals surface area contributed by atoms with Crippen molar-refractivity contribution in [1.82, 2.24) is 9.97 Å². The van der Waals surface area contributed by atoms with Gasteiger partial charge in [-0.25, -0.2) is 4.98 Å². The van der Waals surface area contributed by atoms with Crippen molar-refractivity contribution in [2.24, 2.45) is 0 Å². The van der Waals surface area contributed by atoms with E-state index < -0.39 is 0 Å². The second kappa shape index (κ2) is 5.81. The smallest absolute Gasteiger partial charge is 0.309 e. The van der Waals surface area contributed by atoms with Gasteiger partial charge < -0.3 is 10.5 Å². The summed E-state index contributed by atoms with van der Waals surface area (Å²) in [6.07, 6.45) is 1.88. The van der Waals surface area contributed by atoms with Crippen LogP contribution >= 0.6 is 0 Å². The second-order valence-corrected chi connectivity index (χ2v) is 4.96. The van der Waals surface area contributed by atoms with E-state index in [1.165, 1.54) is 7.11 Å². The molecule has 0 aliphatic heterocycles. The van der Waals surface area contributed by atoms with Gasteiger partial charge in [0.1, 0.15) is 0 Å². The van der Waals surface area contributed by atoms with E-state index in [4.69, 9.17) is 5.73 Å². The van der Waals surface area contributed by atoms with E-state index in [-0.39, 0.29) is 12.4 Å². The molecule has 1 aromatic heterocycles. The first-order valence-electron chi connectivity index (χ1n) is 6.84. The summed E-state index contributed by atoms with van der Waals surface area (Å²) in [5.41, 5.74) is 10.5. The van der Waals surface area contributed by atoms with Crippen LogP contribution < -0.4 is 5.73 Å². The molecular weight excluding hydrogens is 278 g/mol. The maximum atomic E-state index is 11.4. The van der Waals surface area contributed by atoms with Crippen LogP contribution in [-0.2, 0) is 16.0 Å². The molecular formula is C17H15N3O2. The van der Waals surface area contributed by atoms with Gasteiger partial charge in [0.05, 0.1) is 36.5 Å². The van der Waals surface area contributed by atoms with Gasteiger partial charge in [0, 0.05) is 11.3 Å². The number of nitrogen functional groups attached to an aromatic ring is 1. The van der Waals surface area contributed by atoms with Crippen LogP contribution in [0.2, 0.25) is 0 Å². The normalized spacial score (nSPS) is 10.6. The van der Waals surface area contributed by atoms with Crippen molar-refractivity contribution in [3.8, 4) is 11.3 Å². The van der Waals surface area contributed by atoms with E-state index in [2.05, 4.69) is 14.7 Å². The average Bonchev–Trinajstić information content (AvgIpc) is 2.53. The summed E-state index contributed by atoms with van der Waals surface area (Å²) in [5, 5.41) is 0. The molecule has 0 saturated carbocycles. The number of esters is 1. The summed E-state index contributed by atoms with van der Waals surface area (Å²) in [6, 6.07) is 13.1. The minimum absolute atomic E-state index is 0.176.